The Morgan fingerprint density at radius 1 is 1.00 bits per heavy atom. The van der Waals surface area contributed by atoms with Gasteiger partial charge < -0.3 is 23.7 Å². The predicted molar refractivity (Wildman–Crippen MR) is 131 cm³/mol. The molecule has 0 bridgehead atoms. The Balaban J connectivity index is 1.86. The number of imide groups is 1. The van der Waals surface area contributed by atoms with E-state index >= 15 is 0 Å². The SMILES string of the molecule is CC(C)(C)OC(=O)N(C(=O)OC(C)(C)C)C1=NC2(CO1)c1cc(Br)ccc1OC(C)(C)C21COC1. The third-order valence-electron chi connectivity index (χ3n) is 6.43. The van der Waals surface area contributed by atoms with Crippen molar-refractivity contribution in [3.05, 3.63) is 28.2 Å². The molecular formula is C25H33BrN2O7. The van der Waals surface area contributed by atoms with E-state index in [2.05, 4.69) is 15.9 Å². The normalized spacial score (nSPS) is 24.0. The van der Waals surface area contributed by atoms with Gasteiger partial charge in [-0.05, 0) is 73.6 Å². The van der Waals surface area contributed by atoms with Crippen molar-refractivity contribution in [2.75, 3.05) is 19.8 Å². The van der Waals surface area contributed by atoms with Gasteiger partial charge in [-0.15, -0.1) is 4.90 Å². The summed E-state index contributed by atoms with van der Waals surface area (Å²) in [4.78, 5) is 32.1. The first-order valence-corrected chi connectivity index (χ1v) is 12.4. The number of amidine groups is 1. The van der Waals surface area contributed by atoms with Gasteiger partial charge in [-0.3, -0.25) is 0 Å². The number of halogens is 1. The Kier molecular flexibility index (Phi) is 5.96. The van der Waals surface area contributed by atoms with Gasteiger partial charge in [0.2, 0.25) is 0 Å². The zero-order chi connectivity index (χ0) is 26.0. The highest BCUT2D eigenvalue weighted by molar-refractivity contribution is 9.10. The lowest BCUT2D eigenvalue weighted by molar-refractivity contribution is -0.247. The van der Waals surface area contributed by atoms with Crippen molar-refractivity contribution in [3.8, 4) is 5.75 Å². The lowest BCUT2D eigenvalue weighted by Gasteiger charge is -2.61. The zero-order valence-electron chi connectivity index (χ0n) is 21.5. The summed E-state index contributed by atoms with van der Waals surface area (Å²) in [6.07, 6.45) is -1.86. The molecule has 2 amide bonds. The molecule has 0 aromatic heterocycles. The fraction of sp³-hybridized carbons (Fsp3) is 0.640. The fourth-order valence-corrected chi connectivity index (χ4v) is 5.04. The van der Waals surface area contributed by atoms with E-state index in [9.17, 15) is 9.59 Å². The molecule has 9 nitrogen and oxygen atoms in total. The van der Waals surface area contributed by atoms with Crippen molar-refractivity contribution in [2.24, 2.45) is 10.4 Å². The van der Waals surface area contributed by atoms with Gasteiger partial charge in [0.1, 0.15) is 34.7 Å². The molecule has 0 radical (unpaired) electrons. The van der Waals surface area contributed by atoms with E-state index in [-0.39, 0.29) is 12.6 Å². The topological polar surface area (TPSA) is 95.9 Å². The van der Waals surface area contributed by atoms with E-state index in [1.54, 1.807) is 41.5 Å². The molecule has 2 spiro atoms. The number of nitrogens with zero attached hydrogens (tertiary/aromatic N) is 2. The van der Waals surface area contributed by atoms with Gasteiger partial charge in [-0.25, -0.2) is 14.6 Å². The van der Waals surface area contributed by atoms with Gasteiger partial charge in [-0.1, -0.05) is 15.9 Å². The second-order valence-corrected chi connectivity index (χ2v) is 12.6. The maximum Gasteiger partial charge on any atom is 0.428 e. The molecule has 0 saturated carbocycles. The van der Waals surface area contributed by atoms with Crippen LogP contribution in [-0.4, -0.2) is 59.7 Å². The molecule has 3 aliphatic heterocycles. The van der Waals surface area contributed by atoms with Crippen molar-refractivity contribution >= 4 is 34.1 Å². The molecular weight excluding hydrogens is 520 g/mol. The summed E-state index contributed by atoms with van der Waals surface area (Å²) < 4.78 is 30.0. The quantitative estimate of drug-likeness (QED) is 0.425. The number of ether oxygens (including phenoxy) is 5. The highest BCUT2D eigenvalue weighted by atomic mass is 79.9. The summed E-state index contributed by atoms with van der Waals surface area (Å²) >= 11 is 3.55. The number of amides is 2. The van der Waals surface area contributed by atoms with Crippen LogP contribution in [0.15, 0.2) is 27.7 Å². The first kappa shape index (κ1) is 25.8. The van der Waals surface area contributed by atoms with Crippen molar-refractivity contribution < 1.29 is 33.3 Å². The minimum absolute atomic E-state index is 0.0873. The molecule has 1 atom stereocenters. The van der Waals surface area contributed by atoms with Crippen LogP contribution in [0, 0.1) is 5.41 Å². The van der Waals surface area contributed by atoms with Crippen LogP contribution < -0.4 is 4.74 Å². The molecule has 1 aromatic rings. The minimum Gasteiger partial charge on any atom is -0.487 e. The monoisotopic (exact) mass is 552 g/mol. The highest BCUT2D eigenvalue weighted by Crippen LogP contribution is 2.62. The number of hydrogen-bond donors (Lipinski definition) is 0. The van der Waals surface area contributed by atoms with Crippen molar-refractivity contribution in [2.45, 2.75) is 77.7 Å². The smallest absolute Gasteiger partial charge is 0.428 e. The molecule has 0 N–H and O–H groups in total. The van der Waals surface area contributed by atoms with Gasteiger partial charge in [0, 0.05) is 10.0 Å². The van der Waals surface area contributed by atoms with Gasteiger partial charge in [0.15, 0.2) is 0 Å². The van der Waals surface area contributed by atoms with Gasteiger partial charge in [0.25, 0.3) is 0 Å². The minimum atomic E-state index is -0.969. The summed E-state index contributed by atoms with van der Waals surface area (Å²) in [5.41, 5.74) is -3.15. The van der Waals surface area contributed by atoms with Gasteiger partial charge >= 0.3 is 18.2 Å². The number of benzene rings is 1. The van der Waals surface area contributed by atoms with Crippen LogP contribution in [0.2, 0.25) is 0 Å². The third kappa shape index (κ3) is 4.28. The largest absolute Gasteiger partial charge is 0.487 e. The summed E-state index contributed by atoms with van der Waals surface area (Å²) in [7, 11) is 0. The molecule has 10 heteroatoms. The van der Waals surface area contributed by atoms with Crippen molar-refractivity contribution in [3.63, 3.8) is 0 Å². The average molecular weight is 553 g/mol. The molecule has 4 rings (SSSR count). The second-order valence-electron chi connectivity index (χ2n) is 11.7. The summed E-state index contributed by atoms with van der Waals surface area (Å²) in [6, 6.07) is 5.53. The number of fused-ring (bicyclic) bond motifs is 3. The Labute approximate surface area is 214 Å². The first-order chi connectivity index (χ1) is 16.0. The van der Waals surface area contributed by atoms with Gasteiger partial charge in [-0.2, -0.15) is 0 Å². The predicted octanol–water partition coefficient (Wildman–Crippen LogP) is 5.39. The number of rotatable bonds is 0. The van der Waals surface area contributed by atoms with E-state index in [0.29, 0.717) is 19.0 Å². The van der Waals surface area contributed by atoms with E-state index in [1.165, 1.54) is 0 Å². The summed E-state index contributed by atoms with van der Waals surface area (Å²) in [6.45, 7) is 15.1. The van der Waals surface area contributed by atoms with E-state index in [0.717, 1.165) is 14.9 Å². The number of carbonyl (C=O) groups is 2. The van der Waals surface area contributed by atoms with Crippen LogP contribution >= 0.6 is 15.9 Å². The fourth-order valence-electron chi connectivity index (χ4n) is 4.68. The standard InChI is InChI=1S/C25H33BrN2O7/c1-21(2,3)34-19(29)28(20(30)35-22(4,5)6)18-27-25(14-32-18)16-11-15(26)9-10-17(16)33-23(7,8)24(25)12-31-13-24/h9-11H,12-14H2,1-8H3. The maximum atomic E-state index is 13.2. The van der Waals surface area contributed by atoms with Crippen LogP contribution in [0.1, 0.15) is 61.0 Å². The van der Waals surface area contributed by atoms with E-state index in [4.69, 9.17) is 28.7 Å². The Morgan fingerprint density at radius 3 is 2.06 bits per heavy atom. The number of aliphatic imine (C=N–C) groups is 1. The molecule has 192 valence electrons. The average Bonchev–Trinajstić information content (AvgIpc) is 3.03. The maximum absolute atomic E-state index is 13.2. The van der Waals surface area contributed by atoms with Crippen LogP contribution in [-0.2, 0) is 24.5 Å². The number of hydrogen-bond acceptors (Lipinski definition) is 8. The van der Waals surface area contributed by atoms with Crippen LogP contribution in [0.5, 0.6) is 5.75 Å². The molecule has 1 saturated heterocycles. The van der Waals surface area contributed by atoms with Gasteiger partial charge in [0.05, 0.1) is 18.6 Å². The first-order valence-electron chi connectivity index (χ1n) is 11.6. The van der Waals surface area contributed by atoms with Crippen LogP contribution in [0.25, 0.3) is 0 Å². The molecule has 3 aliphatic rings. The summed E-state index contributed by atoms with van der Waals surface area (Å²) in [5, 5.41) is 0. The Morgan fingerprint density at radius 2 is 1.57 bits per heavy atom. The molecule has 0 aliphatic carbocycles. The third-order valence-corrected chi connectivity index (χ3v) is 6.93. The molecule has 35 heavy (non-hydrogen) atoms. The van der Waals surface area contributed by atoms with Crippen molar-refractivity contribution in [1.29, 1.82) is 0 Å². The highest BCUT2D eigenvalue weighted by Gasteiger charge is 2.71. The Bertz CT molecular complexity index is 1050. The van der Waals surface area contributed by atoms with Crippen LogP contribution in [0.3, 0.4) is 0 Å². The lowest BCUT2D eigenvalue weighted by Crippen LogP contribution is -2.71. The zero-order valence-corrected chi connectivity index (χ0v) is 23.1. The molecule has 3 heterocycles. The van der Waals surface area contributed by atoms with E-state index < -0.39 is 39.9 Å². The van der Waals surface area contributed by atoms with Crippen LogP contribution in [0.4, 0.5) is 9.59 Å². The molecule has 1 unspecified atom stereocenters. The summed E-state index contributed by atoms with van der Waals surface area (Å²) in [5.74, 6) is 0.658. The Hall–Kier alpha value is -2.33. The lowest BCUT2D eigenvalue weighted by atomic mass is 9.56. The second kappa shape index (κ2) is 8.09. The molecule has 1 fully saturated rings. The van der Waals surface area contributed by atoms with E-state index in [1.807, 2.05) is 32.0 Å². The molecule has 1 aromatic carbocycles. The van der Waals surface area contributed by atoms with Crippen molar-refractivity contribution in [1.82, 2.24) is 4.90 Å². The number of carbonyl (C=O) groups excluding carboxylic acids is 2.